The molecule has 6 heteroatoms. The summed E-state index contributed by atoms with van der Waals surface area (Å²) in [7, 11) is 0. The zero-order valence-electron chi connectivity index (χ0n) is 40.6. The minimum Gasteiger partial charge on any atom is -0.466 e. The number of rotatable bonds is 49. The second kappa shape index (κ2) is 50.7. The molecule has 0 aliphatic carbocycles. The summed E-state index contributed by atoms with van der Waals surface area (Å²) in [6, 6.07) is -0.638. The van der Waals surface area contributed by atoms with E-state index < -0.39 is 12.1 Å². The van der Waals surface area contributed by atoms with Crippen molar-refractivity contribution in [3.8, 4) is 0 Å². The Labute approximate surface area is 379 Å². The summed E-state index contributed by atoms with van der Waals surface area (Å²) < 4.78 is 5.47. The van der Waals surface area contributed by atoms with Crippen molar-refractivity contribution in [2.24, 2.45) is 0 Å². The molecular formula is C55H103NO5. The fourth-order valence-electron chi connectivity index (χ4n) is 7.97. The van der Waals surface area contributed by atoms with Crippen LogP contribution in [0.2, 0.25) is 0 Å². The Balaban J connectivity index is 3.46. The molecule has 0 radical (unpaired) electrons. The van der Waals surface area contributed by atoms with Crippen molar-refractivity contribution in [2.45, 2.75) is 289 Å². The van der Waals surface area contributed by atoms with Crippen LogP contribution in [0, 0.1) is 0 Å². The molecule has 0 heterocycles. The molecule has 6 nitrogen and oxygen atoms in total. The molecule has 61 heavy (non-hydrogen) atoms. The third kappa shape index (κ3) is 47.4. The van der Waals surface area contributed by atoms with E-state index in [0.717, 1.165) is 70.6 Å². The molecule has 2 atom stereocenters. The van der Waals surface area contributed by atoms with E-state index in [1.165, 1.54) is 180 Å². The van der Waals surface area contributed by atoms with Crippen molar-refractivity contribution < 1.29 is 24.5 Å². The van der Waals surface area contributed by atoms with E-state index in [-0.39, 0.29) is 18.5 Å². The Hall–Kier alpha value is -1.92. The van der Waals surface area contributed by atoms with Gasteiger partial charge in [0, 0.05) is 12.8 Å². The van der Waals surface area contributed by atoms with Crippen molar-refractivity contribution in [3.05, 3.63) is 36.5 Å². The first-order valence-electron chi connectivity index (χ1n) is 26.8. The smallest absolute Gasteiger partial charge is 0.305 e. The van der Waals surface area contributed by atoms with Crippen LogP contribution in [-0.4, -0.2) is 47.4 Å². The summed E-state index contributed by atoms with van der Waals surface area (Å²) in [5, 5.41) is 22.9. The van der Waals surface area contributed by atoms with Crippen molar-refractivity contribution >= 4 is 11.9 Å². The molecule has 0 aliphatic heterocycles. The van der Waals surface area contributed by atoms with Crippen LogP contribution in [-0.2, 0) is 14.3 Å². The molecule has 0 aliphatic rings. The molecule has 0 rings (SSSR count). The van der Waals surface area contributed by atoms with Gasteiger partial charge in [0.05, 0.1) is 25.4 Å². The lowest BCUT2D eigenvalue weighted by Gasteiger charge is -2.20. The van der Waals surface area contributed by atoms with Gasteiger partial charge in [0.2, 0.25) is 5.91 Å². The van der Waals surface area contributed by atoms with Crippen molar-refractivity contribution in [2.75, 3.05) is 13.2 Å². The number of carbonyl (C=O) groups excluding carboxylic acids is 2. The first-order valence-corrected chi connectivity index (χ1v) is 26.8. The van der Waals surface area contributed by atoms with Crippen LogP contribution in [0.4, 0.5) is 0 Å². The number of allylic oxidation sites excluding steroid dienone is 5. The summed E-state index contributed by atoms with van der Waals surface area (Å²) in [6.07, 6.45) is 61.6. The maximum atomic E-state index is 12.4. The third-order valence-corrected chi connectivity index (χ3v) is 12.1. The first-order chi connectivity index (χ1) is 30.0. The molecule has 0 bridgehead atoms. The zero-order valence-corrected chi connectivity index (χ0v) is 40.6. The highest BCUT2D eigenvalue weighted by atomic mass is 16.5. The SMILES string of the molecule is CCCCCCCC/C=C\CCCCCCCCCCCC(=O)OCCCCCC/C=C\CCCCCCCCCC(=O)NC(CO)C(O)/C=C/CCCCCCCCCC. The van der Waals surface area contributed by atoms with E-state index in [1.54, 1.807) is 6.08 Å². The average Bonchev–Trinajstić information content (AvgIpc) is 3.26. The van der Waals surface area contributed by atoms with Gasteiger partial charge in [-0.05, 0) is 83.5 Å². The lowest BCUT2D eigenvalue weighted by atomic mass is 10.1. The summed E-state index contributed by atoms with van der Waals surface area (Å²) in [5.74, 6) is -0.0983. The second-order valence-electron chi connectivity index (χ2n) is 18.2. The summed E-state index contributed by atoms with van der Waals surface area (Å²) in [6.45, 7) is 4.84. The minimum absolute atomic E-state index is 0.0124. The lowest BCUT2D eigenvalue weighted by Crippen LogP contribution is -2.45. The Kier molecular flexibility index (Phi) is 49.1. The summed E-state index contributed by atoms with van der Waals surface area (Å²) >= 11 is 0. The third-order valence-electron chi connectivity index (χ3n) is 12.1. The topological polar surface area (TPSA) is 95.9 Å². The van der Waals surface area contributed by atoms with Gasteiger partial charge in [-0.1, -0.05) is 217 Å². The van der Waals surface area contributed by atoms with Crippen molar-refractivity contribution in [1.29, 1.82) is 0 Å². The zero-order chi connectivity index (χ0) is 44.4. The van der Waals surface area contributed by atoms with Gasteiger partial charge in [-0.2, -0.15) is 0 Å². The Morgan fingerprint density at radius 3 is 1.16 bits per heavy atom. The quantitative estimate of drug-likeness (QED) is 0.0322. The largest absolute Gasteiger partial charge is 0.466 e. The number of nitrogens with one attached hydrogen (secondary N) is 1. The summed E-state index contributed by atoms with van der Waals surface area (Å²) in [5.41, 5.74) is 0. The minimum atomic E-state index is -0.853. The molecule has 0 fully saturated rings. The average molecular weight is 858 g/mol. The van der Waals surface area contributed by atoms with Crippen LogP contribution in [0.25, 0.3) is 0 Å². The number of aliphatic hydroxyl groups is 2. The Bertz CT molecular complexity index is 993. The Morgan fingerprint density at radius 1 is 0.443 bits per heavy atom. The van der Waals surface area contributed by atoms with Crippen molar-refractivity contribution in [3.63, 3.8) is 0 Å². The van der Waals surface area contributed by atoms with Gasteiger partial charge in [0.1, 0.15) is 0 Å². The maximum Gasteiger partial charge on any atom is 0.305 e. The number of esters is 1. The molecule has 0 saturated carbocycles. The molecule has 358 valence electrons. The number of hydrogen-bond donors (Lipinski definition) is 3. The van der Waals surface area contributed by atoms with E-state index in [1.807, 2.05) is 6.08 Å². The fourth-order valence-corrected chi connectivity index (χ4v) is 7.97. The van der Waals surface area contributed by atoms with Crippen LogP contribution in [0.3, 0.4) is 0 Å². The maximum absolute atomic E-state index is 12.4. The molecule has 0 spiro atoms. The van der Waals surface area contributed by atoms with Crippen LogP contribution in [0.15, 0.2) is 36.5 Å². The van der Waals surface area contributed by atoms with Crippen LogP contribution >= 0.6 is 0 Å². The molecule has 2 unspecified atom stereocenters. The highest BCUT2D eigenvalue weighted by Gasteiger charge is 2.18. The highest BCUT2D eigenvalue weighted by Crippen LogP contribution is 2.15. The second-order valence-corrected chi connectivity index (χ2v) is 18.2. The van der Waals surface area contributed by atoms with Gasteiger partial charge < -0.3 is 20.3 Å². The number of carbonyl (C=O) groups is 2. The molecule has 0 aromatic rings. The van der Waals surface area contributed by atoms with E-state index in [0.29, 0.717) is 19.4 Å². The van der Waals surface area contributed by atoms with Crippen LogP contribution in [0.5, 0.6) is 0 Å². The predicted octanol–water partition coefficient (Wildman–Crippen LogP) is 16.1. The molecule has 0 aromatic heterocycles. The first kappa shape index (κ1) is 59.1. The number of amides is 1. The fraction of sp³-hybridized carbons (Fsp3) is 0.855. The van der Waals surface area contributed by atoms with Gasteiger partial charge in [-0.15, -0.1) is 0 Å². The predicted molar refractivity (Wildman–Crippen MR) is 264 cm³/mol. The van der Waals surface area contributed by atoms with Gasteiger partial charge in [0.25, 0.3) is 0 Å². The molecule has 0 saturated heterocycles. The van der Waals surface area contributed by atoms with Crippen LogP contribution < -0.4 is 5.32 Å². The highest BCUT2D eigenvalue weighted by molar-refractivity contribution is 5.76. The lowest BCUT2D eigenvalue weighted by molar-refractivity contribution is -0.143. The van der Waals surface area contributed by atoms with Gasteiger partial charge in [-0.25, -0.2) is 0 Å². The molecule has 1 amide bonds. The summed E-state index contributed by atoms with van der Waals surface area (Å²) in [4.78, 5) is 24.4. The van der Waals surface area contributed by atoms with E-state index >= 15 is 0 Å². The standard InChI is InChI=1S/C55H103NO5/c1-3-5-7-9-11-13-15-16-17-18-19-20-23-26-29-33-37-41-45-49-55(60)61-50-46-42-38-34-30-27-24-21-22-25-28-32-36-40-44-48-54(59)56-52(51-57)53(58)47-43-39-35-31-14-12-10-8-6-4-2/h16-17,24,27,43,47,52-53,57-58H,3-15,18-23,25-26,28-42,44-46,48-51H2,1-2H3,(H,56,59)/b17-16-,27-24-,47-43+. The Morgan fingerprint density at radius 2 is 0.770 bits per heavy atom. The van der Waals surface area contributed by atoms with Gasteiger partial charge in [-0.3, -0.25) is 9.59 Å². The molecular weight excluding hydrogens is 755 g/mol. The normalized spacial score (nSPS) is 12.9. The van der Waals surface area contributed by atoms with Gasteiger partial charge >= 0.3 is 5.97 Å². The number of hydrogen-bond acceptors (Lipinski definition) is 5. The van der Waals surface area contributed by atoms with E-state index in [2.05, 4.69) is 43.5 Å². The van der Waals surface area contributed by atoms with Crippen molar-refractivity contribution in [1.82, 2.24) is 5.32 Å². The van der Waals surface area contributed by atoms with Gasteiger partial charge in [0.15, 0.2) is 0 Å². The van der Waals surface area contributed by atoms with Crippen LogP contribution in [0.1, 0.15) is 277 Å². The monoisotopic (exact) mass is 858 g/mol. The van der Waals surface area contributed by atoms with E-state index in [4.69, 9.17) is 4.74 Å². The number of unbranched alkanes of at least 4 members (excludes halogenated alkanes) is 34. The van der Waals surface area contributed by atoms with E-state index in [9.17, 15) is 19.8 Å². The number of aliphatic hydroxyl groups excluding tert-OH is 2. The molecule has 0 aromatic carbocycles. The molecule has 3 N–H and O–H groups in total. The number of ether oxygens (including phenoxy) is 1.